The number of amides is 2. The summed E-state index contributed by atoms with van der Waals surface area (Å²) in [5.41, 5.74) is -1.67. The van der Waals surface area contributed by atoms with Crippen molar-refractivity contribution in [3.05, 3.63) is 53.6 Å². The van der Waals surface area contributed by atoms with Gasteiger partial charge in [0.15, 0.2) is 5.82 Å². The van der Waals surface area contributed by atoms with Crippen LogP contribution in [0.1, 0.15) is 27.7 Å². The van der Waals surface area contributed by atoms with E-state index in [1.165, 1.54) is 6.92 Å². The number of halogens is 4. The lowest BCUT2D eigenvalue weighted by atomic mass is 10.2. The van der Waals surface area contributed by atoms with Crippen LogP contribution >= 0.6 is 0 Å². The molecule has 1 atom stereocenters. The standard InChI is InChI=1S/C20H21F4N3O3/c1-10(25-19(29)30-20(2,3)4)18(28)27-17-15(24)8-13(23)9-16(17)26-14-6-11(21)5-12(22)7-14/h5-10,26H,1-4H3,(H,25,29)(H,27,28). The highest BCUT2D eigenvalue weighted by atomic mass is 19.1. The van der Waals surface area contributed by atoms with Gasteiger partial charge >= 0.3 is 6.09 Å². The molecule has 6 nitrogen and oxygen atoms in total. The molecule has 2 aromatic rings. The van der Waals surface area contributed by atoms with E-state index in [1.807, 2.05) is 0 Å². The van der Waals surface area contributed by atoms with Crippen molar-refractivity contribution in [1.29, 1.82) is 0 Å². The number of rotatable bonds is 5. The van der Waals surface area contributed by atoms with Crippen molar-refractivity contribution in [2.45, 2.75) is 39.3 Å². The van der Waals surface area contributed by atoms with Crippen molar-refractivity contribution in [2.24, 2.45) is 0 Å². The van der Waals surface area contributed by atoms with Crippen LogP contribution in [0.2, 0.25) is 0 Å². The summed E-state index contributed by atoms with van der Waals surface area (Å²) in [4.78, 5) is 24.2. The largest absolute Gasteiger partial charge is 0.444 e. The predicted octanol–water partition coefficient (Wildman–Crippen LogP) is 4.84. The number of nitrogens with one attached hydrogen (secondary N) is 3. The van der Waals surface area contributed by atoms with E-state index in [4.69, 9.17) is 4.74 Å². The van der Waals surface area contributed by atoms with Crippen molar-refractivity contribution in [2.75, 3.05) is 10.6 Å². The first-order chi connectivity index (χ1) is 13.8. The summed E-state index contributed by atoms with van der Waals surface area (Å²) in [6, 6.07) is 2.67. The quantitative estimate of drug-likeness (QED) is 0.597. The minimum atomic E-state index is -1.14. The van der Waals surface area contributed by atoms with E-state index in [-0.39, 0.29) is 11.4 Å². The van der Waals surface area contributed by atoms with Gasteiger partial charge in [-0.2, -0.15) is 0 Å². The Balaban J connectivity index is 2.22. The number of benzene rings is 2. The summed E-state index contributed by atoms with van der Waals surface area (Å²) >= 11 is 0. The van der Waals surface area contributed by atoms with Gasteiger partial charge in [-0.05, 0) is 45.9 Å². The van der Waals surface area contributed by atoms with Crippen molar-refractivity contribution in [3.8, 4) is 0 Å². The molecule has 0 radical (unpaired) electrons. The number of alkyl carbamates (subject to hydrolysis) is 1. The highest BCUT2D eigenvalue weighted by Gasteiger charge is 2.23. The maximum atomic E-state index is 14.3. The van der Waals surface area contributed by atoms with Crippen molar-refractivity contribution < 1.29 is 31.9 Å². The van der Waals surface area contributed by atoms with Crippen LogP contribution in [0.5, 0.6) is 0 Å². The Kier molecular flexibility index (Phi) is 6.91. The third-order valence-electron chi connectivity index (χ3n) is 3.57. The van der Waals surface area contributed by atoms with E-state index < -0.39 is 52.6 Å². The van der Waals surface area contributed by atoms with Crippen molar-refractivity contribution in [1.82, 2.24) is 5.32 Å². The van der Waals surface area contributed by atoms with Crippen LogP contribution in [0.25, 0.3) is 0 Å². The van der Waals surface area contributed by atoms with E-state index in [0.29, 0.717) is 12.1 Å². The summed E-state index contributed by atoms with van der Waals surface area (Å²) in [7, 11) is 0. The summed E-state index contributed by atoms with van der Waals surface area (Å²) < 4.78 is 59.8. The molecule has 0 aromatic heterocycles. The summed E-state index contributed by atoms with van der Waals surface area (Å²) in [5.74, 6) is -4.76. The third-order valence-corrected chi connectivity index (χ3v) is 3.57. The van der Waals surface area contributed by atoms with Gasteiger partial charge in [-0.3, -0.25) is 4.79 Å². The van der Waals surface area contributed by atoms with Gasteiger partial charge in [-0.15, -0.1) is 0 Å². The van der Waals surface area contributed by atoms with Crippen molar-refractivity contribution in [3.63, 3.8) is 0 Å². The molecule has 2 amide bonds. The highest BCUT2D eigenvalue weighted by Crippen LogP contribution is 2.30. The average Bonchev–Trinajstić information content (AvgIpc) is 2.54. The Bertz CT molecular complexity index is 941. The van der Waals surface area contributed by atoms with Gasteiger partial charge in [0.2, 0.25) is 5.91 Å². The maximum absolute atomic E-state index is 14.3. The van der Waals surface area contributed by atoms with Gasteiger partial charge < -0.3 is 20.7 Å². The zero-order chi connectivity index (χ0) is 22.6. The Morgan fingerprint density at radius 1 is 0.933 bits per heavy atom. The molecule has 1 unspecified atom stereocenters. The van der Waals surface area contributed by atoms with Crippen LogP contribution in [-0.4, -0.2) is 23.6 Å². The Labute approximate surface area is 170 Å². The number of carbonyl (C=O) groups is 2. The van der Waals surface area contributed by atoms with Gasteiger partial charge in [0.1, 0.15) is 34.8 Å². The molecule has 3 N–H and O–H groups in total. The number of hydrogen-bond acceptors (Lipinski definition) is 4. The van der Waals surface area contributed by atoms with Crippen LogP contribution < -0.4 is 16.0 Å². The Morgan fingerprint density at radius 2 is 1.50 bits per heavy atom. The Morgan fingerprint density at radius 3 is 2.07 bits per heavy atom. The molecule has 30 heavy (non-hydrogen) atoms. The van der Waals surface area contributed by atoms with Gasteiger partial charge in [-0.1, -0.05) is 0 Å². The molecule has 0 aliphatic carbocycles. The van der Waals surface area contributed by atoms with Crippen molar-refractivity contribution >= 4 is 29.1 Å². The molecule has 10 heteroatoms. The number of ether oxygens (including phenoxy) is 1. The normalized spacial score (nSPS) is 12.1. The number of anilines is 3. The minimum Gasteiger partial charge on any atom is -0.444 e. The molecule has 0 aliphatic heterocycles. The van der Waals surface area contributed by atoms with E-state index >= 15 is 0 Å². The van der Waals surface area contributed by atoms with Crippen LogP contribution in [0.4, 0.5) is 39.4 Å². The fourth-order valence-electron chi connectivity index (χ4n) is 2.36. The minimum absolute atomic E-state index is 0.132. The zero-order valence-corrected chi connectivity index (χ0v) is 16.7. The number of carbonyl (C=O) groups excluding carboxylic acids is 2. The molecular formula is C20H21F4N3O3. The molecular weight excluding hydrogens is 406 g/mol. The van der Waals surface area contributed by atoms with E-state index in [0.717, 1.165) is 18.2 Å². The second kappa shape index (κ2) is 9.02. The maximum Gasteiger partial charge on any atom is 0.408 e. The van der Waals surface area contributed by atoms with Crippen LogP contribution in [0.3, 0.4) is 0 Å². The lowest BCUT2D eigenvalue weighted by Gasteiger charge is -2.22. The van der Waals surface area contributed by atoms with Crippen LogP contribution in [0.15, 0.2) is 30.3 Å². The van der Waals surface area contributed by atoms with Gasteiger partial charge in [-0.25, -0.2) is 22.4 Å². The molecule has 0 bridgehead atoms. The molecule has 0 aliphatic rings. The Hall–Kier alpha value is -3.30. The van der Waals surface area contributed by atoms with Crippen LogP contribution in [0, 0.1) is 23.3 Å². The molecule has 0 saturated heterocycles. The topological polar surface area (TPSA) is 79.5 Å². The fourth-order valence-corrected chi connectivity index (χ4v) is 2.36. The summed E-state index contributed by atoms with van der Waals surface area (Å²) in [6.45, 7) is 6.24. The SMILES string of the molecule is CC(NC(=O)OC(C)(C)C)C(=O)Nc1c(F)cc(F)cc1Nc1cc(F)cc(F)c1. The predicted molar refractivity (Wildman–Crippen MR) is 103 cm³/mol. The first kappa shape index (κ1) is 23.0. The van der Waals surface area contributed by atoms with Gasteiger partial charge in [0.25, 0.3) is 0 Å². The molecule has 0 fully saturated rings. The zero-order valence-electron chi connectivity index (χ0n) is 16.7. The molecule has 0 saturated carbocycles. The molecule has 162 valence electrons. The highest BCUT2D eigenvalue weighted by molar-refractivity contribution is 5.99. The van der Waals surface area contributed by atoms with Crippen LogP contribution in [-0.2, 0) is 9.53 Å². The second-order valence-corrected chi connectivity index (χ2v) is 7.45. The average molecular weight is 427 g/mol. The van der Waals surface area contributed by atoms with E-state index in [9.17, 15) is 27.2 Å². The second-order valence-electron chi connectivity index (χ2n) is 7.45. The van der Waals surface area contributed by atoms with E-state index in [1.54, 1.807) is 20.8 Å². The van der Waals surface area contributed by atoms with Gasteiger partial charge in [0.05, 0.1) is 5.69 Å². The molecule has 0 spiro atoms. The third kappa shape index (κ3) is 6.64. The van der Waals surface area contributed by atoms with Gasteiger partial charge in [0, 0.05) is 17.8 Å². The molecule has 0 heterocycles. The first-order valence-electron chi connectivity index (χ1n) is 8.86. The summed E-state index contributed by atoms with van der Waals surface area (Å²) in [6.07, 6.45) is -0.863. The smallest absolute Gasteiger partial charge is 0.408 e. The monoisotopic (exact) mass is 427 g/mol. The lowest BCUT2D eigenvalue weighted by Crippen LogP contribution is -2.44. The fraction of sp³-hybridized carbons (Fsp3) is 0.300. The number of hydrogen-bond donors (Lipinski definition) is 3. The lowest BCUT2D eigenvalue weighted by molar-refractivity contribution is -0.117. The first-order valence-corrected chi connectivity index (χ1v) is 8.86. The molecule has 2 aromatic carbocycles. The summed E-state index contributed by atoms with van der Waals surface area (Å²) in [5, 5.41) is 6.97. The van der Waals surface area contributed by atoms with E-state index in [2.05, 4.69) is 16.0 Å². The molecule has 2 rings (SSSR count).